The Hall–Kier alpha value is -1.84. The lowest BCUT2D eigenvalue weighted by atomic mass is 10.2. The van der Waals surface area contributed by atoms with Crippen molar-refractivity contribution in [3.8, 4) is 11.5 Å². The van der Waals surface area contributed by atoms with Crippen LogP contribution in [0.5, 0.6) is 0 Å². The van der Waals surface area contributed by atoms with Gasteiger partial charge in [-0.1, -0.05) is 0 Å². The first-order valence-corrected chi connectivity index (χ1v) is 7.08. The number of rotatable bonds is 5. The fourth-order valence-electron chi connectivity index (χ4n) is 1.32. The number of nitrogens with one attached hydrogen (secondary N) is 1. The zero-order valence-electron chi connectivity index (χ0n) is 10.9. The number of aromatic nitrogens is 2. The molecular weight excluding hydrogens is 287 g/mol. The average molecular weight is 300 g/mol. The Morgan fingerprint density at radius 3 is 2.50 bits per heavy atom. The highest BCUT2D eigenvalue weighted by Crippen LogP contribution is 2.17. The quantitative estimate of drug-likeness (QED) is 0.881. The lowest BCUT2D eigenvalue weighted by Gasteiger charge is -2.10. The Morgan fingerprint density at radius 1 is 1.25 bits per heavy atom. The standard InChI is InChI=1S/C11H13FN4O3S/c1-16(2)20(17,18)13-7-10-14-15-11(19-10)8-3-5-9(12)6-4-8/h3-6,13H,7H2,1-2H3. The van der Waals surface area contributed by atoms with Crippen molar-refractivity contribution in [2.75, 3.05) is 14.1 Å². The molecule has 0 saturated heterocycles. The van der Waals surface area contributed by atoms with Gasteiger partial charge in [0.1, 0.15) is 5.82 Å². The van der Waals surface area contributed by atoms with Gasteiger partial charge in [0, 0.05) is 19.7 Å². The van der Waals surface area contributed by atoms with Crippen molar-refractivity contribution in [1.29, 1.82) is 0 Å². The van der Waals surface area contributed by atoms with Gasteiger partial charge < -0.3 is 4.42 Å². The lowest BCUT2D eigenvalue weighted by Crippen LogP contribution is -2.35. The molecule has 0 aliphatic rings. The van der Waals surface area contributed by atoms with E-state index in [2.05, 4.69) is 14.9 Å². The van der Waals surface area contributed by atoms with Crippen LogP contribution in [0.3, 0.4) is 0 Å². The Labute approximate surface area is 115 Å². The van der Waals surface area contributed by atoms with Gasteiger partial charge in [-0.25, -0.2) is 4.39 Å². The van der Waals surface area contributed by atoms with Gasteiger partial charge in [0.05, 0.1) is 6.54 Å². The molecule has 1 N–H and O–H groups in total. The summed E-state index contributed by atoms with van der Waals surface area (Å²) in [4.78, 5) is 0. The SMILES string of the molecule is CN(C)S(=O)(=O)NCc1nnc(-c2ccc(F)cc2)o1. The summed E-state index contributed by atoms with van der Waals surface area (Å²) in [6.07, 6.45) is 0. The molecule has 0 aliphatic heterocycles. The van der Waals surface area contributed by atoms with E-state index in [4.69, 9.17) is 4.42 Å². The minimum atomic E-state index is -3.55. The van der Waals surface area contributed by atoms with E-state index in [0.717, 1.165) is 4.31 Å². The molecule has 20 heavy (non-hydrogen) atoms. The largest absolute Gasteiger partial charge is 0.419 e. The highest BCUT2D eigenvalue weighted by Gasteiger charge is 2.15. The molecule has 1 heterocycles. The molecule has 0 atom stereocenters. The van der Waals surface area contributed by atoms with Crippen LogP contribution < -0.4 is 4.72 Å². The van der Waals surface area contributed by atoms with Crippen LogP contribution in [0.15, 0.2) is 28.7 Å². The van der Waals surface area contributed by atoms with Gasteiger partial charge in [-0.3, -0.25) is 0 Å². The predicted molar refractivity (Wildman–Crippen MR) is 69.1 cm³/mol. The number of hydrogen-bond donors (Lipinski definition) is 1. The van der Waals surface area contributed by atoms with Gasteiger partial charge >= 0.3 is 0 Å². The van der Waals surface area contributed by atoms with Crippen molar-refractivity contribution in [1.82, 2.24) is 19.2 Å². The van der Waals surface area contributed by atoms with E-state index in [9.17, 15) is 12.8 Å². The van der Waals surface area contributed by atoms with E-state index in [0.29, 0.717) is 5.56 Å². The Morgan fingerprint density at radius 2 is 1.90 bits per heavy atom. The highest BCUT2D eigenvalue weighted by molar-refractivity contribution is 7.87. The lowest BCUT2D eigenvalue weighted by molar-refractivity contribution is 0.474. The number of halogens is 1. The zero-order chi connectivity index (χ0) is 14.8. The number of nitrogens with zero attached hydrogens (tertiary/aromatic N) is 3. The van der Waals surface area contributed by atoms with E-state index in [1.807, 2.05) is 0 Å². The van der Waals surface area contributed by atoms with Gasteiger partial charge in [-0.05, 0) is 24.3 Å². The molecule has 0 fully saturated rings. The highest BCUT2D eigenvalue weighted by atomic mass is 32.2. The van der Waals surface area contributed by atoms with E-state index in [1.54, 1.807) is 0 Å². The van der Waals surface area contributed by atoms with Gasteiger partial charge in [0.25, 0.3) is 10.2 Å². The molecule has 9 heteroatoms. The summed E-state index contributed by atoms with van der Waals surface area (Å²) in [5.74, 6) is -0.0500. The summed E-state index contributed by atoms with van der Waals surface area (Å²) in [6, 6.07) is 5.54. The van der Waals surface area contributed by atoms with Crippen LogP contribution in [0.25, 0.3) is 11.5 Å². The number of benzene rings is 1. The molecule has 0 saturated carbocycles. The van der Waals surface area contributed by atoms with Crippen LogP contribution in [-0.4, -0.2) is 37.0 Å². The predicted octanol–water partition coefficient (Wildman–Crippen LogP) is 0.772. The van der Waals surface area contributed by atoms with Gasteiger partial charge in [-0.2, -0.15) is 17.4 Å². The van der Waals surface area contributed by atoms with Crippen molar-refractivity contribution in [3.05, 3.63) is 36.0 Å². The normalized spacial score (nSPS) is 12.0. The van der Waals surface area contributed by atoms with Crippen molar-refractivity contribution in [2.24, 2.45) is 0 Å². The summed E-state index contributed by atoms with van der Waals surface area (Å²) < 4.78 is 44.4. The van der Waals surface area contributed by atoms with Gasteiger partial charge in [0.15, 0.2) is 0 Å². The molecule has 0 radical (unpaired) electrons. The number of hydrogen-bond acceptors (Lipinski definition) is 5. The first-order valence-electron chi connectivity index (χ1n) is 5.64. The molecule has 1 aromatic carbocycles. The molecule has 108 valence electrons. The topological polar surface area (TPSA) is 88.3 Å². The third kappa shape index (κ3) is 3.38. The van der Waals surface area contributed by atoms with Crippen molar-refractivity contribution >= 4 is 10.2 Å². The molecule has 2 aromatic rings. The van der Waals surface area contributed by atoms with Crippen molar-refractivity contribution in [3.63, 3.8) is 0 Å². The second kappa shape index (κ2) is 5.65. The van der Waals surface area contributed by atoms with Crippen molar-refractivity contribution in [2.45, 2.75) is 6.54 Å². The van der Waals surface area contributed by atoms with Gasteiger partial charge in [0.2, 0.25) is 11.8 Å². The van der Waals surface area contributed by atoms with Crippen LogP contribution in [0.4, 0.5) is 4.39 Å². The van der Waals surface area contributed by atoms with Crippen LogP contribution in [-0.2, 0) is 16.8 Å². The smallest absolute Gasteiger partial charge is 0.279 e. The maximum atomic E-state index is 12.8. The Kier molecular flexibility index (Phi) is 4.12. The van der Waals surface area contributed by atoms with E-state index in [1.165, 1.54) is 38.4 Å². The second-order valence-corrected chi connectivity index (χ2v) is 6.09. The molecule has 0 bridgehead atoms. The minimum absolute atomic E-state index is 0.116. The third-order valence-corrected chi connectivity index (χ3v) is 3.92. The van der Waals surface area contributed by atoms with Gasteiger partial charge in [-0.15, -0.1) is 10.2 Å². The summed E-state index contributed by atoms with van der Waals surface area (Å²) >= 11 is 0. The maximum Gasteiger partial charge on any atom is 0.279 e. The summed E-state index contributed by atoms with van der Waals surface area (Å²) in [7, 11) is -0.746. The van der Waals surface area contributed by atoms with Crippen LogP contribution in [0, 0.1) is 5.82 Å². The Bertz CT molecular complexity index is 682. The van der Waals surface area contributed by atoms with Crippen LogP contribution >= 0.6 is 0 Å². The fraction of sp³-hybridized carbons (Fsp3) is 0.273. The van der Waals surface area contributed by atoms with E-state index in [-0.39, 0.29) is 24.1 Å². The first kappa shape index (κ1) is 14.6. The van der Waals surface area contributed by atoms with Crippen LogP contribution in [0.1, 0.15) is 5.89 Å². The summed E-state index contributed by atoms with van der Waals surface area (Å²) in [5, 5.41) is 7.50. The molecular formula is C11H13FN4O3S. The fourth-order valence-corrected chi connectivity index (χ4v) is 1.88. The molecule has 0 aliphatic carbocycles. The molecule has 2 rings (SSSR count). The monoisotopic (exact) mass is 300 g/mol. The molecule has 0 unspecified atom stereocenters. The minimum Gasteiger partial charge on any atom is -0.419 e. The molecule has 0 amide bonds. The summed E-state index contributed by atoms with van der Waals surface area (Å²) in [5.41, 5.74) is 0.556. The first-order chi connectivity index (χ1) is 9.38. The van der Waals surface area contributed by atoms with E-state index >= 15 is 0 Å². The maximum absolute atomic E-state index is 12.8. The zero-order valence-corrected chi connectivity index (χ0v) is 11.7. The van der Waals surface area contributed by atoms with Crippen LogP contribution in [0.2, 0.25) is 0 Å². The second-order valence-electron chi connectivity index (χ2n) is 4.12. The molecule has 1 aromatic heterocycles. The molecule has 7 nitrogen and oxygen atoms in total. The average Bonchev–Trinajstić information content (AvgIpc) is 2.86. The molecule has 0 spiro atoms. The third-order valence-electron chi connectivity index (χ3n) is 2.44. The van der Waals surface area contributed by atoms with Crippen molar-refractivity contribution < 1.29 is 17.2 Å². The van der Waals surface area contributed by atoms with E-state index < -0.39 is 10.2 Å². The summed E-state index contributed by atoms with van der Waals surface area (Å²) in [6.45, 7) is -0.116. The Balaban J connectivity index is 2.08.